The number of alkyl halides is 2. The standard InChI is InChI=1S/C13H12ClF2N5OS/c1-17-11(22)6-8-7(5-10(14)21-20-8)19-12-9(23-13(15)16)3-2-4-18-12/h2-5,13H,6H2,1H3,(H,17,22)(H,18,19,21)/i1D3. The molecule has 2 rings (SSSR count). The lowest BCUT2D eigenvalue weighted by molar-refractivity contribution is -0.120. The van der Waals surface area contributed by atoms with Crippen LogP contribution in [0.2, 0.25) is 5.15 Å². The van der Waals surface area contributed by atoms with Crippen molar-refractivity contribution >= 4 is 40.8 Å². The highest BCUT2D eigenvalue weighted by atomic mass is 35.5. The molecule has 0 saturated carbocycles. The zero-order valence-electron chi connectivity index (χ0n) is 14.4. The summed E-state index contributed by atoms with van der Waals surface area (Å²) < 4.78 is 46.4. The van der Waals surface area contributed by atoms with Gasteiger partial charge in [-0.05, 0) is 12.1 Å². The van der Waals surface area contributed by atoms with Crippen LogP contribution in [0.4, 0.5) is 20.3 Å². The second kappa shape index (κ2) is 8.02. The molecule has 0 spiro atoms. The number of likely N-dealkylation sites (N-methyl/N-ethyl adjacent to an activating group) is 1. The van der Waals surface area contributed by atoms with E-state index in [0.29, 0.717) is 11.8 Å². The molecule has 2 aromatic heterocycles. The largest absolute Gasteiger partial charge is 0.359 e. The van der Waals surface area contributed by atoms with Gasteiger partial charge < -0.3 is 10.6 Å². The smallest absolute Gasteiger partial charge is 0.289 e. The first-order valence-electron chi connectivity index (χ1n) is 7.64. The third-order valence-corrected chi connectivity index (χ3v) is 3.49. The van der Waals surface area contributed by atoms with Gasteiger partial charge >= 0.3 is 0 Å². The number of hydrogen-bond acceptors (Lipinski definition) is 6. The Bertz CT molecular complexity index is 797. The Balaban J connectivity index is 2.27. The van der Waals surface area contributed by atoms with Crippen LogP contribution in [0, 0.1) is 0 Å². The summed E-state index contributed by atoms with van der Waals surface area (Å²) in [6.45, 7) is -2.65. The first-order chi connectivity index (χ1) is 12.1. The third-order valence-electron chi connectivity index (χ3n) is 2.55. The zero-order chi connectivity index (χ0) is 19.3. The van der Waals surface area contributed by atoms with E-state index in [1.54, 1.807) is 0 Å². The lowest BCUT2D eigenvalue weighted by Crippen LogP contribution is -2.21. The van der Waals surface area contributed by atoms with Gasteiger partial charge in [0.05, 0.1) is 22.7 Å². The molecule has 0 fully saturated rings. The maximum atomic E-state index is 12.7. The molecule has 122 valence electrons. The van der Waals surface area contributed by atoms with E-state index in [0.717, 1.165) is 0 Å². The number of nitrogens with zero attached hydrogens (tertiary/aromatic N) is 3. The molecule has 6 nitrogen and oxygen atoms in total. The minimum atomic E-state index is -2.65. The van der Waals surface area contributed by atoms with E-state index in [1.807, 2.05) is 5.32 Å². The first kappa shape index (κ1) is 13.4. The van der Waals surface area contributed by atoms with Crippen LogP contribution in [0.25, 0.3) is 0 Å². The van der Waals surface area contributed by atoms with Gasteiger partial charge in [-0.25, -0.2) is 4.98 Å². The van der Waals surface area contributed by atoms with E-state index in [2.05, 4.69) is 20.5 Å². The van der Waals surface area contributed by atoms with Crippen molar-refractivity contribution in [3.8, 4) is 0 Å². The molecule has 0 aliphatic heterocycles. The van der Waals surface area contributed by atoms with Crippen LogP contribution in [-0.4, -0.2) is 33.8 Å². The molecule has 0 saturated heterocycles. The summed E-state index contributed by atoms with van der Waals surface area (Å²) in [6, 6.07) is 4.28. The molecule has 0 aromatic carbocycles. The van der Waals surface area contributed by atoms with Gasteiger partial charge in [0.2, 0.25) is 5.91 Å². The molecule has 0 aliphatic carbocycles. The number of halogens is 3. The van der Waals surface area contributed by atoms with E-state index in [4.69, 9.17) is 15.7 Å². The molecule has 0 bridgehead atoms. The van der Waals surface area contributed by atoms with E-state index in [-0.39, 0.29) is 27.2 Å². The number of pyridine rings is 1. The highest BCUT2D eigenvalue weighted by Crippen LogP contribution is 2.32. The summed E-state index contributed by atoms with van der Waals surface area (Å²) in [6.07, 6.45) is 0.990. The summed E-state index contributed by atoms with van der Waals surface area (Å²) in [5, 5.41) is 12.0. The topological polar surface area (TPSA) is 79.8 Å². The molecule has 0 aliphatic rings. The fourth-order valence-electron chi connectivity index (χ4n) is 1.63. The van der Waals surface area contributed by atoms with Gasteiger partial charge in [-0.2, -0.15) is 13.9 Å². The molecule has 2 aromatic rings. The summed E-state index contributed by atoms with van der Waals surface area (Å²) in [5.74, 6) is -3.35. The van der Waals surface area contributed by atoms with Crippen LogP contribution in [0.15, 0.2) is 29.3 Å². The normalized spacial score (nSPS) is 13.1. The van der Waals surface area contributed by atoms with Crippen molar-refractivity contribution < 1.29 is 17.7 Å². The second-order valence-electron chi connectivity index (χ2n) is 4.11. The number of thioether (sulfide) groups is 1. The second-order valence-corrected chi connectivity index (χ2v) is 5.53. The molecular weight excluding hydrogens is 348 g/mol. The van der Waals surface area contributed by atoms with Gasteiger partial charge in [0.1, 0.15) is 5.82 Å². The molecule has 10 heteroatoms. The van der Waals surface area contributed by atoms with Crippen LogP contribution in [-0.2, 0) is 11.2 Å². The van der Waals surface area contributed by atoms with E-state index < -0.39 is 25.1 Å². The highest BCUT2D eigenvalue weighted by Gasteiger charge is 2.15. The SMILES string of the molecule is [2H]C([2H])([2H])NC(=O)Cc1nnc(Cl)cc1Nc1ncccc1SC(F)F. The van der Waals surface area contributed by atoms with Crippen molar-refractivity contribution in [1.82, 2.24) is 20.5 Å². The summed E-state index contributed by atoms with van der Waals surface area (Å²) in [7, 11) is 0. The Labute approximate surface area is 144 Å². The highest BCUT2D eigenvalue weighted by molar-refractivity contribution is 7.99. The van der Waals surface area contributed by atoms with Gasteiger partial charge in [0, 0.05) is 23.4 Å². The summed E-state index contributed by atoms with van der Waals surface area (Å²) in [5.41, 5.74) is 0.273. The quantitative estimate of drug-likeness (QED) is 0.769. The average Bonchev–Trinajstić information content (AvgIpc) is 2.49. The van der Waals surface area contributed by atoms with Crippen molar-refractivity contribution in [3.05, 3.63) is 35.2 Å². The Morgan fingerprint density at radius 1 is 1.52 bits per heavy atom. The van der Waals surface area contributed by atoms with Gasteiger partial charge in [-0.3, -0.25) is 4.79 Å². The van der Waals surface area contributed by atoms with Gasteiger partial charge in [-0.1, -0.05) is 23.4 Å². The van der Waals surface area contributed by atoms with Crippen molar-refractivity contribution in [3.63, 3.8) is 0 Å². The van der Waals surface area contributed by atoms with Crippen LogP contribution in [0.1, 0.15) is 9.81 Å². The van der Waals surface area contributed by atoms with E-state index >= 15 is 0 Å². The number of nitrogens with one attached hydrogen (secondary N) is 2. The predicted octanol–water partition coefficient (Wildman–Crippen LogP) is 2.87. The number of rotatable bonds is 6. The van der Waals surface area contributed by atoms with Crippen molar-refractivity contribution in [1.29, 1.82) is 0 Å². The number of amides is 1. The van der Waals surface area contributed by atoms with Gasteiger partial charge in [-0.15, -0.1) is 5.10 Å². The molecule has 0 atom stereocenters. The number of carbonyl (C=O) groups is 1. The van der Waals surface area contributed by atoms with Crippen molar-refractivity contribution in [2.75, 3.05) is 12.3 Å². The number of carbonyl (C=O) groups excluding carboxylic acids is 1. The van der Waals surface area contributed by atoms with Crippen molar-refractivity contribution in [2.45, 2.75) is 17.1 Å². The Kier molecular flexibility index (Phi) is 4.69. The molecule has 0 radical (unpaired) electrons. The lowest BCUT2D eigenvalue weighted by atomic mass is 10.2. The van der Waals surface area contributed by atoms with E-state index in [1.165, 1.54) is 24.4 Å². The lowest BCUT2D eigenvalue weighted by Gasteiger charge is -2.12. The summed E-state index contributed by atoms with van der Waals surface area (Å²) >= 11 is 6.10. The molecule has 1 amide bonds. The minimum Gasteiger partial charge on any atom is -0.359 e. The number of hydrogen-bond donors (Lipinski definition) is 2. The zero-order valence-corrected chi connectivity index (χ0v) is 13.0. The maximum absolute atomic E-state index is 12.7. The number of aromatic nitrogens is 3. The van der Waals surface area contributed by atoms with Crippen LogP contribution in [0.5, 0.6) is 0 Å². The molecule has 2 N–H and O–H groups in total. The van der Waals surface area contributed by atoms with Crippen molar-refractivity contribution in [2.24, 2.45) is 0 Å². The fraction of sp³-hybridized carbons (Fsp3) is 0.231. The molecule has 2 heterocycles. The van der Waals surface area contributed by atoms with E-state index in [9.17, 15) is 13.6 Å². The minimum absolute atomic E-state index is 0.00790. The average molecular weight is 363 g/mol. The summed E-state index contributed by atoms with van der Waals surface area (Å²) in [4.78, 5) is 16.0. The predicted molar refractivity (Wildman–Crippen MR) is 84.2 cm³/mol. The first-order valence-corrected chi connectivity index (χ1v) is 7.40. The molecular formula is C13H12ClF2N5OS. The van der Waals surface area contributed by atoms with Gasteiger partial charge in [0.15, 0.2) is 5.15 Å². The molecule has 0 unspecified atom stereocenters. The fourth-order valence-corrected chi connectivity index (χ4v) is 2.34. The van der Waals surface area contributed by atoms with Crippen LogP contribution in [0.3, 0.4) is 0 Å². The van der Waals surface area contributed by atoms with Gasteiger partial charge in [0.25, 0.3) is 5.76 Å². The molecule has 23 heavy (non-hydrogen) atoms. The Morgan fingerprint density at radius 3 is 3.09 bits per heavy atom. The number of anilines is 2. The third kappa shape index (κ3) is 5.00. The maximum Gasteiger partial charge on any atom is 0.289 e. The monoisotopic (exact) mass is 362 g/mol. The van der Waals surface area contributed by atoms with Crippen LogP contribution < -0.4 is 10.6 Å². The Hall–Kier alpha value is -2.00. The van der Waals surface area contributed by atoms with Crippen LogP contribution >= 0.6 is 23.4 Å². The Morgan fingerprint density at radius 2 is 2.35 bits per heavy atom.